The molecule has 22 heavy (non-hydrogen) atoms. The van der Waals surface area contributed by atoms with Crippen molar-refractivity contribution < 1.29 is 8.42 Å². The zero-order valence-corrected chi connectivity index (χ0v) is 14.8. The van der Waals surface area contributed by atoms with Crippen molar-refractivity contribution >= 4 is 44.1 Å². The molecule has 0 radical (unpaired) electrons. The Labute approximate surface area is 143 Å². The van der Waals surface area contributed by atoms with Gasteiger partial charge in [0.25, 0.3) is 10.0 Å². The standard InChI is InChI=1S/C15H16IN3O2S/c16-14-10-13(11-15(17-14)19-8-4-5-9-19)22(20,21)18-12-6-2-1-3-7-12/h1-3,6-7,10-11,18H,4-5,8-9H2. The van der Waals surface area contributed by atoms with Gasteiger partial charge >= 0.3 is 0 Å². The average Bonchev–Trinajstić information content (AvgIpc) is 3.01. The Morgan fingerprint density at radius 2 is 1.77 bits per heavy atom. The highest BCUT2D eigenvalue weighted by atomic mass is 127. The normalized spacial score (nSPS) is 15.0. The molecule has 0 saturated carbocycles. The third kappa shape index (κ3) is 3.52. The molecular weight excluding hydrogens is 413 g/mol. The first kappa shape index (κ1) is 15.5. The Morgan fingerprint density at radius 1 is 1.09 bits per heavy atom. The van der Waals surface area contributed by atoms with Crippen molar-refractivity contribution in [3.8, 4) is 0 Å². The smallest absolute Gasteiger partial charge is 0.262 e. The van der Waals surface area contributed by atoms with Gasteiger partial charge < -0.3 is 4.90 Å². The second kappa shape index (κ2) is 6.41. The Hall–Kier alpha value is -1.35. The van der Waals surface area contributed by atoms with Crippen LogP contribution in [0.1, 0.15) is 12.8 Å². The van der Waals surface area contributed by atoms with Gasteiger partial charge in [0, 0.05) is 24.8 Å². The van der Waals surface area contributed by atoms with Crippen LogP contribution >= 0.6 is 22.6 Å². The fraction of sp³-hybridized carbons (Fsp3) is 0.267. The first-order chi connectivity index (χ1) is 10.5. The molecule has 5 nitrogen and oxygen atoms in total. The molecule has 1 aromatic heterocycles. The highest BCUT2D eigenvalue weighted by molar-refractivity contribution is 14.1. The van der Waals surface area contributed by atoms with Crippen LogP contribution in [0, 0.1) is 3.70 Å². The van der Waals surface area contributed by atoms with E-state index in [0.717, 1.165) is 31.7 Å². The SMILES string of the molecule is O=S(=O)(Nc1ccccc1)c1cc(I)nc(N2CCCC2)c1. The molecule has 3 rings (SSSR count). The molecule has 0 spiro atoms. The van der Waals surface area contributed by atoms with Gasteiger partial charge in [0.05, 0.1) is 4.90 Å². The molecule has 0 bridgehead atoms. The number of para-hydroxylation sites is 1. The van der Waals surface area contributed by atoms with Crippen LogP contribution in [0.4, 0.5) is 11.5 Å². The number of hydrogen-bond acceptors (Lipinski definition) is 4. The maximum absolute atomic E-state index is 12.6. The monoisotopic (exact) mass is 429 g/mol. The number of halogens is 1. The van der Waals surface area contributed by atoms with E-state index in [-0.39, 0.29) is 4.90 Å². The Balaban J connectivity index is 1.93. The number of hydrogen-bond donors (Lipinski definition) is 1. The van der Waals surface area contributed by atoms with Gasteiger partial charge in [-0.05, 0) is 53.6 Å². The van der Waals surface area contributed by atoms with Crippen LogP contribution in [0.15, 0.2) is 47.4 Å². The van der Waals surface area contributed by atoms with Crippen molar-refractivity contribution in [3.63, 3.8) is 0 Å². The number of aromatic nitrogens is 1. The van der Waals surface area contributed by atoms with E-state index in [2.05, 4.69) is 37.2 Å². The maximum Gasteiger partial charge on any atom is 0.262 e. The van der Waals surface area contributed by atoms with Crippen LogP contribution in [-0.2, 0) is 10.0 Å². The number of anilines is 2. The summed E-state index contributed by atoms with van der Waals surface area (Å²) in [5.41, 5.74) is 0.553. The van der Waals surface area contributed by atoms with E-state index in [4.69, 9.17) is 0 Å². The molecule has 1 fully saturated rings. The second-order valence-corrected chi connectivity index (χ2v) is 7.94. The molecule has 1 aromatic carbocycles. The zero-order chi connectivity index (χ0) is 15.6. The van der Waals surface area contributed by atoms with Crippen molar-refractivity contribution in [1.29, 1.82) is 0 Å². The third-order valence-corrected chi connectivity index (χ3v) is 5.43. The molecule has 1 saturated heterocycles. The second-order valence-electron chi connectivity index (χ2n) is 5.15. The molecule has 0 atom stereocenters. The molecule has 0 aliphatic carbocycles. The van der Waals surface area contributed by atoms with Crippen LogP contribution in [-0.4, -0.2) is 26.5 Å². The summed E-state index contributed by atoms with van der Waals surface area (Å²) in [6, 6.07) is 12.1. The van der Waals surface area contributed by atoms with Gasteiger partial charge in [-0.25, -0.2) is 13.4 Å². The molecule has 1 N–H and O–H groups in total. The molecule has 2 heterocycles. The van der Waals surface area contributed by atoms with Crippen molar-refractivity contribution in [2.75, 3.05) is 22.7 Å². The molecule has 0 amide bonds. The van der Waals surface area contributed by atoms with Crippen LogP contribution in [0.2, 0.25) is 0 Å². The van der Waals surface area contributed by atoms with E-state index < -0.39 is 10.0 Å². The van der Waals surface area contributed by atoms with Crippen molar-refractivity contribution in [1.82, 2.24) is 4.98 Å². The Morgan fingerprint density at radius 3 is 2.45 bits per heavy atom. The first-order valence-corrected chi connectivity index (χ1v) is 9.61. The minimum Gasteiger partial charge on any atom is -0.357 e. The summed E-state index contributed by atoms with van der Waals surface area (Å²) in [5, 5.41) is 0. The number of pyridine rings is 1. The summed E-state index contributed by atoms with van der Waals surface area (Å²) < 4.78 is 28.4. The van der Waals surface area contributed by atoms with Gasteiger partial charge in [-0.3, -0.25) is 4.72 Å². The lowest BCUT2D eigenvalue weighted by molar-refractivity contribution is 0.601. The lowest BCUT2D eigenvalue weighted by Gasteiger charge is -2.18. The van der Waals surface area contributed by atoms with Crippen LogP contribution in [0.25, 0.3) is 0 Å². The quantitative estimate of drug-likeness (QED) is 0.600. The average molecular weight is 429 g/mol. The van der Waals surface area contributed by atoms with Crippen molar-refractivity contribution in [2.45, 2.75) is 17.7 Å². The zero-order valence-electron chi connectivity index (χ0n) is 11.9. The topological polar surface area (TPSA) is 62.3 Å². The lowest BCUT2D eigenvalue weighted by atomic mass is 10.3. The molecular formula is C15H16IN3O2S. The Bertz CT molecular complexity index is 760. The molecule has 2 aromatic rings. The van der Waals surface area contributed by atoms with Gasteiger partial charge in [-0.15, -0.1) is 0 Å². The molecule has 1 aliphatic heterocycles. The molecule has 116 valence electrons. The van der Waals surface area contributed by atoms with E-state index >= 15 is 0 Å². The molecule has 0 unspecified atom stereocenters. The van der Waals surface area contributed by atoms with Gasteiger partial charge in [0.1, 0.15) is 9.52 Å². The lowest BCUT2D eigenvalue weighted by Crippen LogP contribution is -2.21. The summed E-state index contributed by atoms with van der Waals surface area (Å²) >= 11 is 2.06. The van der Waals surface area contributed by atoms with Crippen LogP contribution < -0.4 is 9.62 Å². The summed E-state index contributed by atoms with van der Waals surface area (Å²) in [6.07, 6.45) is 2.25. The summed E-state index contributed by atoms with van der Waals surface area (Å²) in [7, 11) is -3.61. The van der Waals surface area contributed by atoms with Gasteiger partial charge in [0.15, 0.2) is 0 Å². The van der Waals surface area contributed by atoms with E-state index in [1.807, 2.05) is 6.07 Å². The third-order valence-electron chi connectivity index (χ3n) is 3.52. The number of benzene rings is 1. The summed E-state index contributed by atoms with van der Waals surface area (Å²) in [4.78, 5) is 6.83. The predicted octanol–water partition coefficient (Wildman–Crippen LogP) is 3.09. The fourth-order valence-corrected chi connectivity index (χ4v) is 4.33. The predicted molar refractivity (Wildman–Crippen MR) is 95.7 cm³/mol. The van der Waals surface area contributed by atoms with Crippen molar-refractivity contribution in [2.24, 2.45) is 0 Å². The van der Waals surface area contributed by atoms with Crippen molar-refractivity contribution in [3.05, 3.63) is 46.2 Å². The number of nitrogens with one attached hydrogen (secondary N) is 1. The van der Waals surface area contributed by atoms with Gasteiger partial charge in [0.2, 0.25) is 0 Å². The van der Waals surface area contributed by atoms with E-state index in [1.165, 1.54) is 0 Å². The molecule has 1 aliphatic rings. The molecule has 7 heteroatoms. The summed E-state index contributed by atoms with van der Waals surface area (Å²) in [5.74, 6) is 0.734. The van der Waals surface area contributed by atoms with Crippen LogP contribution in [0.5, 0.6) is 0 Å². The number of nitrogens with zero attached hydrogens (tertiary/aromatic N) is 2. The Kier molecular flexibility index (Phi) is 4.53. The highest BCUT2D eigenvalue weighted by Crippen LogP contribution is 2.24. The van der Waals surface area contributed by atoms with Gasteiger partial charge in [-0.2, -0.15) is 0 Å². The van der Waals surface area contributed by atoms with Crippen LogP contribution in [0.3, 0.4) is 0 Å². The van der Waals surface area contributed by atoms with Gasteiger partial charge in [-0.1, -0.05) is 18.2 Å². The minimum atomic E-state index is -3.61. The van der Waals surface area contributed by atoms with E-state index in [9.17, 15) is 8.42 Å². The fourth-order valence-electron chi connectivity index (χ4n) is 2.44. The maximum atomic E-state index is 12.6. The van der Waals surface area contributed by atoms with E-state index in [0.29, 0.717) is 9.39 Å². The number of rotatable bonds is 4. The highest BCUT2D eigenvalue weighted by Gasteiger charge is 2.20. The minimum absolute atomic E-state index is 0.248. The first-order valence-electron chi connectivity index (χ1n) is 7.05. The van der Waals surface area contributed by atoms with E-state index in [1.54, 1.807) is 36.4 Å². The number of sulfonamides is 1. The summed E-state index contributed by atoms with van der Waals surface area (Å²) in [6.45, 7) is 1.86. The largest absolute Gasteiger partial charge is 0.357 e.